The highest BCUT2D eigenvalue weighted by Gasteiger charge is 2.02. The molecule has 0 rings (SSSR count). The van der Waals surface area contributed by atoms with Gasteiger partial charge in [-0.15, -0.1) is 0 Å². The quantitative estimate of drug-likeness (QED) is 0.0646. The van der Waals surface area contributed by atoms with Crippen LogP contribution >= 0.6 is 0 Å². The fourth-order valence-corrected chi connectivity index (χ4v) is 4.61. The van der Waals surface area contributed by atoms with E-state index in [0.29, 0.717) is 6.04 Å². The van der Waals surface area contributed by atoms with Gasteiger partial charge in [0, 0.05) is 6.04 Å². The lowest BCUT2D eigenvalue weighted by Gasteiger charge is -2.11. The molecule has 210 valence electrons. The lowest BCUT2D eigenvalue weighted by Crippen LogP contribution is -2.19. The first kappa shape index (κ1) is 34.9. The molecule has 0 saturated heterocycles. The van der Waals surface area contributed by atoms with Crippen molar-refractivity contribution in [2.24, 2.45) is 5.73 Å². The maximum absolute atomic E-state index is 6.36. The zero-order valence-corrected chi connectivity index (χ0v) is 24.7. The van der Waals surface area contributed by atoms with Crippen molar-refractivity contribution in [3.63, 3.8) is 0 Å². The zero-order chi connectivity index (χ0) is 26.2. The average Bonchev–Trinajstić information content (AvgIpc) is 2.88. The molecule has 1 nitrogen and oxygen atoms in total. The second kappa shape index (κ2) is 31.9. The van der Waals surface area contributed by atoms with E-state index >= 15 is 0 Å². The van der Waals surface area contributed by atoms with E-state index in [1.807, 2.05) is 0 Å². The van der Waals surface area contributed by atoms with E-state index < -0.39 is 0 Å². The van der Waals surface area contributed by atoms with Gasteiger partial charge in [0.05, 0.1) is 0 Å². The van der Waals surface area contributed by atoms with Crippen molar-refractivity contribution < 1.29 is 0 Å². The highest BCUT2D eigenvalue weighted by Crippen LogP contribution is 2.14. The molecule has 1 unspecified atom stereocenters. The third-order valence-corrected chi connectivity index (χ3v) is 7.06. The summed E-state index contributed by atoms with van der Waals surface area (Å²) in [5, 5.41) is 0. The van der Waals surface area contributed by atoms with Crippen molar-refractivity contribution in [3.05, 3.63) is 48.6 Å². The first-order chi connectivity index (χ1) is 17.8. The third-order valence-electron chi connectivity index (χ3n) is 7.06. The molecule has 0 saturated carbocycles. The van der Waals surface area contributed by atoms with E-state index in [1.54, 1.807) is 0 Å². The summed E-state index contributed by atoms with van der Waals surface area (Å²) in [6.45, 7) is 4.49. The molecule has 0 heterocycles. The van der Waals surface area contributed by atoms with E-state index in [-0.39, 0.29) is 0 Å². The van der Waals surface area contributed by atoms with Gasteiger partial charge in [-0.1, -0.05) is 152 Å². The molecule has 0 bridgehead atoms. The fourth-order valence-electron chi connectivity index (χ4n) is 4.61. The molecule has 0 amide bonds. The Kier molecular flexibility index (Phi) is 31.0. The highest BCUT2D eigenvalue weighted by molar-refractivity contribution is 5.02. The zero-order valence-electron chi connectivity index (χ0n) is 24.7. The van der Waals surface area contributed by atoms with E-state index in [2.05, 4.69) is 62.5 Å². The van der Waals surface area contributed by atoms with Gasteiger partial charge in [0.15, 0.2) is 0 Å². The van der Waals surface area contributed by atoms with Crippen LogP contribution < -0.4 is 5.73 Å². The first-order valence-corrected chi connectivity index (χ1v) is 16.2. The Morgan fingerprint density at radius 3 is 1.33 bits per heavy atom. The minimum Gasteiger partial charge on any atom is -0.328 e. The highest BCUT2D eigenvalue weighted by atomic mass is 14.6. The van der Waals surface area contributed by atoms with Crippen LogP contribution in [-0.2, 0) is 0 Å². The molecule has 0 radical (unpaired) electrons. The molecule has 1 atom stereocenters. The number of hydrogen-bond acceptors (Lipinski definition) is 1. The second-order valence-corrected chi connectivity index (χ2v) is 10.8. The van der Waals surface area contributed by atoms with Crippen molar-refractivity contribution >= 4 is 0 Å². The fraction of sp³-hybridized carbons (Fsp3) is 0.771. The van der Waals surface area contributed by atoms with Crippen molar-refractivity contribution in [1.82, 2.24) is 0 Å². The summed E-state index contributed by atoms with van der Waals surface area (Å²) < 4.78 is 0. The van der Waals surface area contributed by atoms with Crippen LogP contribution in [0.25, 0.3) is 0 Å². The van der Waals surface area contributed by atoms with E-state index in [1.165, 1.54) is 148 Å². The average molecular weight is 500 g/mol. The van der Waals surface area contributed by atoms with Gasteiger partial charge in [-0.25, -0.2) is 0 Å². The number of rotatable bonds is 28. The van der Waals surface area contributed by atoms with Gasteiger partial charge >= 0.3 is 0 Å². The first-order valence-electron chi connectivity index (χ1n) is 16.2. The number of unbranched alkanes of at least 4 members (excludes halogenated alkanes) is 17. The van der Waals surface area contributed by atoms with Crippen molar-refractivity contribution in [2.75, 3.05) is 0 Å². The third kappa shape index (κ3) is 31.0. The van der Waals surface area contributed by atoms with Crippen LogP contribution in [0.4, 0.5) is 0 Å². The van der Waals surface area contributed by atoms with Crippen molar-refractivity contribution in [2.45, 2.75) is 174 Å². The summed E-state index contributed by atoms with van der Waals surface area (Å²) in [5.74, 6) is 0. The summed E-state index contributed by atoms with van der Waals surface area (Å²) in [5.41, 5.74) is 6.36. The Morgan fingerprint density at radius 2 is 0.833 bits per heavy atom. The Labute approximate surface area is 228 Å². The molecule has 0 aliphatic rings. The molecule has 0 aliphatic heterocycles. The molecule has 0 aromatic heterocycles. The van der Waals surface area contributed by atoms with Crippen LogP contribution in [0.1, 0.15) is 168 Å². The SMILES string of the molecule is CCC/C=C/C=C/CCCCCCCCCC(N)CCCCCCCC/C=C/C/C=C\CCCCC. The van der Waals surface area contributed by atoms with Crippen molar-refractivity contribution in [1.29, 1.82) is 0 Å². The molecule has 36 heavy (non-hydrogen) atoms. The number of nitrogens with two attached hydrogens (primary N) is 1. The molecule has 0 aliphatic carbocycles. The Balaban J connectivity index is 3.28. The molecule has 0 aromatic carbocycles. The van der Waals surface area contributed by atoms with Crippen LogP contribution in [0.5, 0.6) is 0 Å². The minimum absolute atomic E-state index is 0.439. The lowest BCUT2D eigenvalue weighted by molar-refractivity contribution is 0.481. The Bertz CT molecular complexity index is 513. The predicted octanol–water partition coefficient (Wildman–Crippen LogP) is 11.9. The molecule has 2 N–H and O–H groups in total. The smallest absolute Gasteiger partial charge is 0.00388 e. The van der Waals surface area contributed by atoms with Gasteiger partial charge in [-0.05, 0) is 64.2 Å². The predicted molar refractivity (Wildman–Crippen MR) is 167 cm³/mol. The van der Waals surface area contributed by atoms with Gasteiger partial charge < -0.3 is 5.73 Å². The van der Waals surface area contributed by atoms with Crippen LogP contribution in [0.15, 0.2) is 48.6 Å². The van der Waals surface area contributed by atoms with Gasteiger partial charge in [-0.3, -0.25) is 0 Å². The molecular weight excluding hydrogens is 434 g/mol. The molecular formula is C35H65N. The maximum Gasteiger partial charge on any atom is 0.00388 e. The van der Waals surface area contributed by atoms with Gasteiger partial charge in [0.1, 0.15) is 0 Å². The van der Waals surface area contributed by atoms with Gasteiger partial charge in [0.2, 0.25) is 0 Å². The summed E-state index contributed by atoms with van der Waals surface area (Å²) in [4.78, 5) is 0. The number of allylic oxidation sites excluding steroid dienone is 8. The summed E-state index contributed by atoms with van der Waals surface area (Å²) >= 11 is 0. The van der Waals surface area contributed by atoms with E-state index in [0.717, 1.165) is 6.42 Å². The molecule has 0 fully saturated rings. The summed E-state index contributed by atoms with van der Waals surface area (Å²) in [7, 11) is 0. The lowest BCUT2D eigenvalue weighted by atomic mass is 10.0. The van der Waals surface area contributed by atoms with Crippen LogP contribution in [0.3, 0.4) is 0 Å². The van der Waals surface area contributed by atoms with E-state index in [9.17, 15) is 0 Å². The van der Waals surface area contributed by atoms with Crippen LogP contribution in [0.2, 0.25) is 0 Å². The second-order valence-electron chi connectivity index (χ2n) is 10.8. The van der Waals surface area contributed by atoms with Crippen molar-refractivity contribution in [3.8, 4) is 0 Å². The van der Waals surface area contributed by atoms with Gasteiger partial charge in [0.25, 0.3) is 0 Å². The minimum atomic E-state index is 0.439. The summed E-state index contributed by atoms with van der Waals surface area (Å²) in [6.07, 6.45) is 50.0. The monoisotopic (exact) mass is 500 g/mol. The summed E-state index contributed by atoms with van der Waals surface area (Å²) in [6, 6.07) is 0.439. The molecule has 0 aromatic rings. The largest absolute Gasteiger partial charge is 0.328 e. The molecule has 1 heteroatoms. The maximum atomic E-state index is 6.36. The number of hydrogen-bond donors (Lipinski definition) is 1. The Hall–Kier alpha value is -1.08. The van der Waals surface area contributed by atoms with Gasteiger partial charge in [-0.2, -0.15) is 0 Å². The van der Waals surface area contributed by atoms with Crippen LogP contribution in [0, 0.1) is 0 Å². The topological polar surface area (TPSA) is 26.0 Å². The Morgan fingerprint density at radius 1 is 0.417 bits per heavy atom. The molecule has 0 spiro atoms. The normalized spacial score (nSPS) is 13.3. The van der Waals surface area contributed by atoms with E-state index in [4.69, 9.17) is 5.73 Å². The van der Waals surface area contributed by atoms with Crippen LogP contribution in [-0.4, -0.2) is 6.04 Å². The standard InChI is InChI=1S/C35H65N/c1-3-5-7-9-11-13-15-17-19-20-22-24-26-28-30-32-34-35(36)33-31-29-27-25-23-21-18-16-14-12-10-8-6-4-2/h8,10-14,17,19,35H,3-7,9,15-16,18,20-34,36H2,1-2H3/b10-8+,13-11-,14-12+,19-17+.